The molecule has 3 aromatic carbocycles. The van der Waals surface area contributed by atoms with Crippen LogP contribution in [0.3, 0.4) is 0 Å². The van der Waals surface area contributed by atoms with Crippen molar-refractivity contribution in [3.8, 4) is 23.0 Å². The van der Waals surface area contributed by atoms with Crippen LogP contribution in [0.1, 0.15) is 12.8 Å². The number of anilines is 2. The Bertz CT molecular complexity index is 1380. The minimum Gasteiger partial charge on any atom is -0.497 e. The second kappa shape index (κ2) is 9.85. The van der Waals surface area contributed by atoms with Crippen molar-refractivity contribution >= 4 is 44.8 Å². The second-order valence-electron chi connectivity index (χ2n) is 7.48. The first-order chi connectivity index (χ1) is 16.7. The number of nitrogens with zero attached hydrogens (tertiary/aromatic N) is 1. The SMILES string of the molecule is COc1ccc(Oc2ccc(Cl)cc2NS(=O)(=O)c2ccc(OC)c(N3C(=O)CCC3=O)c2)cc1. The topological polar surface area (TPSA) is 111 Å². The van der Waals surface area contributed by atoms with Crippen LogP contribution in [0.2, 0.25) is 5.02 Å². The zero-order chi connectivity index (χ0) is 25.2. The molecule has 0 aliphatic carbocycles. The van der Waals surface area contributed by atoms with Gasteiger partial charge in [0.05, 0.1) is 30.5 Å². The van der Waals surface area contributed by atoms with Gasteiger partial charge in [0.1, 0.15) is 17.2 Å². The normalized spacial score (nSPS) is 13.6. The largest absolute Gasteiger partial charge is 0.497 e. The van der Waals surface area contributed by atoms with Crippen LogP contribution in [0.25, 0.3) is 0 Å². The number of ether oxygens (including phenoxy) is 3. The van der Waals surface area contributed by atoms with E-state index in [9.17, 15) is 18.0 Å². The van der Waals surface area contributed by atoms with Crippen LogP contribution < -0.4 is 23.8 Å². The molecule has 1 fully saturated rings. The first-order valence-corrected chi connectivity index (χ1v) is 12.3. The van der Waals surface area contributed by atoms with Gasteiger partial charge >= 0.3 is 0 Å². The number of rotatable bonds is 8. The summed E-state index contributed by atoms with van der Waals surface area (Å²) in [4.78, 5) is 25.2. The summed E-state index contributed by atoms with van der Waals surface area (Å²) in [5, 5.41) is 0.286. The van der Waals surface area contributed by atoms with E-state index in [1.54, 1.807) is 37.4 Å². The Morgan fingerprint density at radius 1 is 0.829 bits per heavy atom. The highest BCUT2D eigenvalue weighted by atomic mass is 35.5. The van der Waals surface area contributed by atoms with Crippen LogP contribution in [0.4, 0.5) is 11.4 Å². The van der Waals surface area contributed by atoms with Gasteiger partial charge in [0.15, 0.2) is 5.75 Å². The summed E-state index contributed by atoms with van der Waals surface area (Å²) >= 11 is 6.11. The lowest BCUT2D eigenvalue weighted by Gasteiger charge is -2.19. The molecule has 0 spiro atoms. The van der Waals surface area contributed by atoms with E-state index in [2.05, 4.69) is 4.72 Å². The molecule has 0 atom stereocenters. The van der Waals surface area contributed by atoms with Crippen LogP contribution in [0.5, 0.6) is 23.0 Å². The second-order valence-corrected chi connectivity index (χ2v) is 9.60. The standard InChI is InChI=1S/C24H21ClN2O7S/c1-32-16-4-6-17(7-5-16)34-21-9-3-15(25)13-19(21)26-35(30,31)18-8-10-22(33-2)20(14-18)27-23(28)11-12-24(27)29/h3-10,13-14,26H,11-12H2,1-2H3. The van der Waals surface area contributed by atoms with E-state index in [1.165, 1.54) is 37.4 Å². The quantitative estimate of drug-likeness (QED) is 0.435. The molecular formula is C24H21ClN2O7S. The maximum absolute atomic E-state index is 13.3. The predicted octanol–water partition coefficient (Wildman–Crippen LogP) is 4.60. The first kappa shape index (κ1) is 24.4. The number of carbonyl (C=O) groups is 2. The van der Waals surface area contributed by atoms with Crippen LogP contribution in [0.15, 0.2) is 65.6 Å². The van der Waals surface area contributed by atoms with Crippen LogP contribution in [0, 0.1) is 0 Å². The van der Waals surface area contributed by atoms with Gasteiger partial charge in [-0.25, -0.2) is 13.3 Å². The number of methoxy groups -OCH3 is 2. The van der Waals surface area contributed by atoms with E-state index in [4.69, 9.17) is 25.8 Å². The Morgan fingerprint density at radius 3 is 2.09 bits per heavy atom. The zero-order valence-corrected chi connectivity index (χ0v) is 20.4. The fraction of sp³-hybridized carbons (Fsp3) is 0.167. The Kier molecular flexibility index (Phi) is 6.86. The lowest BCUT2D eigenvalue weighted by molar-refractivity contribution is -0.121. The molecule has 1 N–H and O–H groups in total. The van der Waals surface area contributed by atoms with E-state index in [0.29, 0.717) is 11.5 Å². The van der Waals surface area contributed by atoms with E-state index >= 15 is 0 Å². The van der Waals surface area contributed by atoms with Gasteiger partial charge in [-0.15, -0.1) is 0 Å². The number of amides is 2. The van der Waals surface area contributed by atoms with Crippen LogP contribution in [-0.2, 0) is 19.6 Å². The van der Waals surface area contributed by atoms with Crippen molar-refractivity contribution in [2.75, 3.05) is 23.8 Å². The highest BCUT2D eigenvalue weighted by molar-refractivity contribution is 7.92. The number of carbonyl (C=O) groups excluding carboxylic acids is 2. The lowest BCUT2D eigenvalue weighted by Crippen LogP contribution is -2.29. The Balaban J connectivity index is 1.67. The summed E-state index contributed by atoms with van der Waals surface area (Å²) in [6.07, 6.45) is 0.0948. The highest BCUT2D eigenvalue weighted by Crippen LogP contribution is 2.37. The molecule has 3 aromatic rings. The third-order valence-electron chi connectivity index (χ3n) is 5.23. The maximum Gasteiger partial charge on any atom is 0.262 e. The first-order valence-electron chi connectivity index (χ1n) is 10.4. The van der Waals surface area contributed by atoms with Crippen molar-refractivity contribution in [1.29, 1.82) is 0 Å². The molecule has 11 heteroatoms. The molecule has 182 valence electrons. The Labute approximate surface area is 207 Å². The third kappa shape index (κ3) is 5.18. The molecule has 1 heterocycles. The molecular weight excluding hydrogens is 496 g/mol. The number of benzene rings is 3. The van der Waals surface area contributed by atoms with Gasteiger partial charge in [-0.2, -0.15) is 0 Å². The molecule has 35 heavy (non-hydrogen) atoms. The van der Waals surface area contributed by atoms with Crippen LogP contribution >= 0.6 is 11.6 Å². The van der Waals surface area contributed by atoms with E-state index in [0.717, 1.165) is 4.90 Å². The summed E-state index contributed by atoms with van der Waals surface area (Å²) < 4.78 is 45.3. The molecule has 4 rings (SSSR count). The number of sulfonamides is 1. The van der Waals surface area contributed by atoms with Crippen molar-refractivity contribution in [1.82, 2.24) is 0 Å². The number of imide groups is 1. The van der Waals surface area contributed by atoms with Crippen molar-refractivity contribution in [3.05, 3.63) is 65.7 Å². The van der Waals surface area contributed by atoms with Gasteiger partial charge in [0.2, 0.25) is 11.8 Å². The average Bonchev–Trinajstić information content (AvgIpc) is 3.18. The zero-order valence-electron chi connectivity index (χ0n) is 18.8. The van der Waals surface area contributed by atoms with E-state index in [1.807, 2.05) is 0 Å². The molecule has 0 radical (unpaired) electrons. The fourth-order valence-corrected chi connectivity index (χ4v) is 4.76. The van der Waals surface area contributed by atoms with Crippen molar-refractivity contribution in [2.24, 2.45) is 0 Å². The fourth-order valence-electron chi connectivity index (χ4n) is 3.50. The van der Waals surface area contributed by atoms with E-state index < -0.39 is 21.8 Å². The summed E-state index contributed by atoms with van der Waals surface area (Å²) in [5.74, 6) is 0.633. The average molecular weight is 517 g/mol. The highest BCUT2D eigenvalue weighted by Gasteiger charge is 2.33. The number of nitrogens with one attached hydrogen (secondary N) is 1. The molecule has 0 aromatic heterocycles. The van der Waals surface area contributed by atoms with Crippen molar-refractivity contribution in [2.45, 2.75) is 17.7 Å². The molecule has 9 nitrogen and oxygen atoms in total. The van der Waals surface area contributed by atoms with Gasteiger partial charge in [-0.05, 0) is 60.7 Å². The molecule has 0 saturated carbocycles. The van der Waals surface area contributed by atoms with Crippen molar-refractivity contribution < 1.29 is 32.2 Å². The Morgan fingerprint density at radius 2 is 1.46 bits per heavy atom. The smallest absolute Gasteiger partial charge is 0.262 e. The molecule has 1 aliphatic heterocycles. The molecule has 1 aliphatic rings. The number of hydrogen-bond donors (Lipinski definition) is 1. The van der Waals surface area contributed by atoms with Gasteiger partial charge in [-0.1, -0.05) is 11.6 Å². The van der Waals surface area contributed by atoms with E-state index in [-0.39, 0.29) is 45.6 Å². The summed E-state index contributed by atoms with van der Waals surface area (Å²) in [5.41, 5.74) is 0.155. The van der Waals surface area contributed by atoms with Crippen LogP contribution in [-0.4, -0.2) is 34.5 Å². The Hall–Kier alpha value is -3.76. The predicted molar refractivity (Wildman–Crippen MR) is 130 cm³/mol. The van der Waals surface area contributed by atoms with Gasteiger partial charge in [0.25, 0.3) is 10.0 Å². The molecule has 0 bridgehead atoms. The molecule has 1 saturated heterocycles. The maximum atomic E-state index is 13.3. The monoisotopic (exact) mass is 516 g/mol. The minimum atomic E-state index is -4.18. The van der Waals surface area contributed by atoms with Crippen molar-refractivity contribution in [3.63, 3.8) is 0 Å². The summed E-state index contributed by atoms with van der Waals surface area (Å²) in [6.45, 7) is 0. The third-order valence-corrected chi connectivity index (χ3v) is 6.82. The summed E-state index contributed by atoms with van der Waals surface area (Å²) in [6, 6.07) is 15.2. The number of hydrogen-bond acceptors (Lipinski definition) is 7. The minimum absolute atomic E-state index is 0.0474. The molecule has 2 amide bonds. The molecule has 0 unspecified atom stereocenters. The van der Waals surface area contributed by atoms with Gasteiger partial charge in [0, 0.05) is 17.9 Å². The summed E-state index contributed by atoms with van der Waals surface area (Å²) in [7, 11) is -1.27. The van der Waals surface area contributed by atoms with Gasteiger partial charge in [-0.3, -0.25) is 14.3 Å². The lowest BCUT2D eigenvalue weighted by atomic mass is 10.2. The van der Waals surface area contributed by atoms with Gasteiger partial charge < -0.3 is 14.2 Å². The number of halogens is 1.